The fourth-order valence-electron chi connectivity index (χ4n) is 0.344. The Morgan fingerprint density at radius 3 is 2.56 bits per heavy atom. The second-order valence-corrected chi connectivity index (χ2v) is 4.03. The van der Waals surface area contributed by atoms with Crippen LogP contribution in [0.25, 0.3) is 0 Å². The van der Waals surface area contributed by atoms with E-state index in [0.717, 1.165) is 0 Å². The molecule has 0 radical (unpaired) electrons. The van der Waals surface area contributed by atoms with E-state index in [1.165, 1.54) is 0 Å². The Morgan fingerprint density at radius 2 is 2.22 bits per heavy atom. The maximum atomic E-state index is 5.05. The minimum Gasteiger partial charge on any atom is -0.479 e. The van der Waals surface area contributed by atoms with E-state index in [0.29, 0.717) is 16.2 Å². The Bertz CT molecular complexity index is 91.1. The molecule has 0 spiro atoms. The van der Waals surface area contributed by atoms with E-state index in [9.17, 15) is 0 Å². The van der Waals surface area contributed by atoms with Crippen molar-refractivity contribution in [2.24, 2.45) is 0 Å². The van der Waals surface area contributed by atoms with Gasteiger partial charge in [-0.1, -0.05) is 25.6 Å². The molecule has 1 nitrogen and oxygen atoms in total. The van der Waals surface area contributed by atoms with Gasteiger partial charge in [-0.05, 0) is 19.1 Å². The van der Waals surface area contributed by atoms with Gasteiger partial charge in [-0.2, -0.15) is 0 Å². The van der Waals surface area contributed by atoms with Gasteiger partial charge in [0.2, 0.25) is 4.38 Å². The molecule has 0 aliphatic carbocycles. The first-order valence-corrected chi connectivity index (χ1v) is 4.29. The Morgan fingerprint density at radius 1 is 1.67 bits per heavy atom. The molecular weight excluding hydrogens is 152 g/mol. The number of ether oxygens (including phenoxy) is 1. The smallest absolute Gasteiger partial charge is 0.220 e. The molecule has 0 fully saturated rings. The van der Waals surface area contributed by atoms with Gasteiger partial charge in [-0.25, -0.2) is 0 Å². The molecule has 0 rings (SSSR count). The molecule has 0 heterocycles. The third kappa shape index (κ3) is 6.12. The molecule has 0 saturated carbocycles. The first-order chi connectivity index (χ1) is 4.16. The summed E-state index contributed by atoms with van der Waals surface area (Å²) in [7, 11) is 0. The zero-order valence-corrected chi connectivity index (χ0v) is 7.64. The number of thiocarbonyl (C=S) groups is 1. The van der Waals surface area contributed by atoms with Crippen molar-refractivity contribution in [3.8, 4) is 0 Å². The lowest BCUT2D eigenvalue weighted by Crippen LogP contribution is -2.00. The van der Waals surface area contributed by atoms with Gasteiger partial charge in [-0.3, -0.25) is 0 Å². The summed E-state index contributed by atoms with van der Waals surface area (Å²) in [6.45, 7) is 6.80. The summed E-state index contributed by atoms with van der Waals surface area (Å²) in [5.74, 6) is 0. The third-order valence-electron chi connectivity index (χ3n) is 0.594. The van der Waals surface area contributed by atoms with Crippen molar-refractivity contribution in [3.63, 3.8) is 0 Å². The minimum absolute atomic E-state index is 0.532. The van der Waals surface area contributed by atoms with Crippen LogP contribution in [-0.2, 0) is 4.74 Å². The predicted octanol–water partition coefficient (Wildman–Crippen LogP) is 2.45. The molecule has 0 aromatic carbocycles. The standard InChI is InChI=1S/C6H12OS2/c1-4-7-6(8)9-5(2)3/h5H,4H2,1-3H3. The van der Waals surface area contributed by atoms with Gasteiger partial charge in [0, 0.05) is 5.25 Å². The van der Waals surface area contributed by atoms with E-state index in [1.807, 2.05) is 6.92 Å². The number of hydrogen-bond acceptors (Lipinski definition) is 3. The lowest BCUT2D eigenvalue weighted by Gasteiger charge is -2.05. The van der Waals surface area contributed by atoms with E-state index < -0.39 is 0 Å². The zero-order chi connectivity index (χ0) is 7.28. The molecule has 0 saturated heterocycles. The Balaban J connectivity index is 3.27. The minimum atomic E-state index is 0.532. The number of rotatable bonds is 2. The van der Waals surface area contributed by atoms with Gasteiger partial charge in [0.15, 0.2) is 0 Å². The van der Waals surface area contributed by atoms with E-state index >= 15 is 0 Å². The first-order valence-electron chi connectivity index (χ1n) is 3.00. The molecule has 0 unspecified atom stereocenters. The summed E-state index contributed by atoms with van der Waals surface area (Å²) in [6, 6.07) is 0. The molecule has 0 atom stereocenters. The quantitative estimate of drug-likeness (QED) is 0.580. The normalized spacial score (nSPS) is 9.78. The van der Waals surface area contributed by atoms with Crippen LogP contribution < -0.4 is 0 Å². The van der Waals surface area contributed by atoms with Gasteiger partial charge in [-0.15, -0.1) is 0 Å². The predicted molar refractivity (Wildman–Crippen MR) is 47.0 cm³/mol. The molecule has 0 amide bonds. The van der Waals surface area contributed by atoms with Crippen molar-refractivity contribution in [1.82, 2.24) is 0 Å². The highest BCUT2D eigenvalue weighted by molar-refractivity contribution is 8.22. The summed E-state index contributed by atoms with van der Waals surface area (Å²) in [5, 5.41) is 0.532. The van der Waals surface area contributed by atoms with Crippen LogP contribution in [0, 0.1) is 0 Å². The van der Waals surface area contributed by atoms with Gasteiger partial charge in [0.05, 0.1) is 6.61 Å². The van der Waals surface area contributed by atoms with Crippen molar-refractivity contribution < 1.29 is 4.74 Å². The van der Waals surface area contributed by atoms with Crippen molar-refractivity contribution in [1.29, 1.82) is 0 Å². The van der Waals surface area contributed by atoms with Gasteiger partial charge < -0.3 is 4.74 Å². The molecule has 0 aliphatic heterocycles. The number of thioether (sulfide) groups is 1. The Kier molecular flexibility index (Phi) is 5.19. The second kappa shape index (κ2) is 5.06. The molecule has 54 valence electrons. The Hall–Kier alpha value is 0.240. The lowest BCUT2D eigenvalue weighted by atomic mass is 10.6. The summed E-state index contributed by atoms with van der Waals surface area (Å²) in [4.78, 5) is 0. The van der Waals surface area contributed by atoms with E-state index in [2.05, 4.69) is 13.8 Å². The summed E-state index contributed by atoms with van der Waals surface area (Å²) >= 11 is 6.46. The van der Waals surface area contributed by atoms with Crippen molar-refractivity contribution >= 4 is 28.4 Å². The van der Waals surface area contributed by atoms with Crippen molar-refractivity contribution in [3.05, 3.63) is 0 Å². The molecule has 0 N–H and O–H groups in total. The van der Waals surface area contributed by atoms with Crippen LogP contribution in [0.4, 0.5) is 0 Å². The monoisotopic (exact) mass is 164 g/mol. The molecule has 0 aliphatic rings. The summed E-state index contributed by atoms with van der Waals surface area (Å²) < 4.78 is 5.71. The largest absolute Gasteiger partial charge is 0.479 e. The van der Waals surface area contributed by atoms with Crippen LogP contribution in [0.2, 0.25) is 0 Å². The highest BCUT2D eigenvalue weighted by atomic mass is 32.2. The van der Waals surface area contributed by atoms with Crippen LogP contribution in [0.15, 0.2) is 0 Å². The Labute approximate surface area is 66.2 Å². The first kappa shape index (κ1) is 9.24. The van der Waals surface area contributed by atoms with Gasteiger partial charge in [0.25, 0.3) is 0 Å². The topological polar surface area (TPSA) is 9.23 Å². The third-order valence-corrected chi connectivity index (χ3v) is 1.78. The molecular formula is C6H12OS2. The SMILES string of the molecule is CCOC(=S)SC(C)C. The second-order valence-electron chi connectivity index (χ2n) is 1.85. The molecule has 0 aromatic rings. The van der Waals surface area contributed by atoms with Crippen LogP contribution >= 0.6 is 24.0 Å². The van der Waals surface area contributed by atoms with Gasteiger partial charge >= 0.3 is 0 Å². The van der Waals surface area contributed by atoms with Crippen LogP contribution in [0.5, 0.6) is 0 Å². The van der Waals surface area contributed by atoms with Crippen LogP contribution in [0.3, 0.4) is 0 Å². The average molecular weight is 164 g/mol. The molecule has 9 heavy (non-hydrogen) atoms. The zero-order valence-electron chi connectivity index (χ0n) is 6.01. The average Bonchev–Trinajstić information content (AvgIpc) is 1.63. The van der Waals surface area contributed by atoms with Crippen LogP contribution in [-0.4, -0.2) is 16.2 Å². The van der Waals surface area contributed by atoms with E-state index in [-0.39, 0.29) is 0 Å². The number of hydrogen-bond donors (Lipinski definition) is 0. The highest BCUT2D eigenvalue weighted by Crippen LogP contribution is 2.12. The van der Waals surface area contributed by atoms with E-state index in [4.69, 9.17) is 17.0 Å². The summed E-state index contributed by atoms with van der Waals surface area (Å²) in [5.41, 5.74) is 0. The lowest BCUT2D eigenvalue weighted by molar-refractivity contribution is 0.346. The molecule has 3 heteroatoms. The van der Waals surface area contributed by atoms with Gasteiger partial charge in [0.1, 0.15) is 0 Å². The maximum Gasteiger partial charge on any atom is 0.220 e. The molecule has 0 bridgehead atoms. The van der Waals surface area contributed by atoms with Crippen molar-refractivity contribution in [2.45, 2.75) is 26.0 Å². The molecule has 0 aromatic heterocycles. The summed E-state index contributed by atoms with van der Waals surface area (Å²) in [6.07, 6.45) is 0. The van der Waals surface area contributed by atoms with Crippen molar-refractivity contribution in [2.75, 3.05) is 6.61 Å². The van der Waals surface area contributed by atoms with Crippen LogP contribution in [0.1, 0.15) is 20.8 Å². The maximum absolute atomic E-state index is 5.05. The fourth-order valence-corrected chi connectivity index (χ4v) is 1.61. The fraction of sp³-hybridized carbons (Fsp3) is 0.833. The van der Waals surface area contributed by atoms with E-state index in [1.54, 1.807) is 11.8 Å². The highest BCUT2D eigenvalue weighted by Gasteiger charge is 1.99.